The molecule has 1 fully saturated rings. The summed E-state index contributed by atoms with van der Waals surface area (Å²) in [6.07, 6.45) is 5.55. The molecule has 0 unspecified atom stereocenters. The van der Waals surface area contributed by atoms with E-state index in [0.29, 0.717) is 34.8 Å². The molecule has 3 aromatic rings. The largest absolute Gasteiger partial charge is 0.446 e. The third kappa shape index (κ3) is 5.13. The van der Waals surface area contributed by atoms with Crippen molar-refractivity contribution in [2.75, 3.05) is 5.32 Å². The molecule has 11 nitrogen and oxygen atoms in total. The van der Waals surface area contributed by atoms with Gasteiger partial charge in [-0.05, 0) is 45.2 Å². The Hall–Kier alpha value is -4.02. The maximum absolute atomic E-state index is 12.9. The van der Waals surface area contributed by atoms with E-state index in [2.05, 4.69) is 30.9 Å². The highest BCUT2D eigenvalue weighted by atomic mass is 16.6. The van der Waals surface area contributed by atoms with Crippen LogP contribution >= 0.6 is 0 Å². The number of rotatable bonds is 7. The lowest BCUT2D eigenvalue weighted by Crippen LogP contribution is -2.33. The van der Waals surface area contributed by atoms with Gasteiger partial charge in [-0.15, -0.1) is 0 Å². The van der Waals surface area contributed by atoms with Gasteiger partial charge in [-0.3, -0.25) is 24.4 Å². The standard InChI is InChI=1S/C23H27N7O4/c1-13(2)25-23(33)34-16-5-4-14(8-16)18-10-21(28-27-18)26-22(32)20-9-19(29-30(20)3)17-11-24-7-6-15(17)12-31/h6-7,9-14,16H,4-5,8H2,1-3H3,(H,25,33)(H2,26,27,28,32)/t14-,16+/m0/s1. The Balaban J connectivity index is 1.39. The molecule has 178 valence electrons. The summed E-state index contributed by atoms with van der Waals surface area (Å²) in [5.74, 6) is 0.166. The highest BCUT2D eigenvalue weighted by molar-refractivity contribution is 6.03. The molecule has 3 aromatic heterocycles. The van der Waals surface area contributed by atoms with Crippen LogP contribution in [0.4, 0.5) is 10.6 Å². The number of pyridine rings is 1. The Labute approximate surface area is 196 Å². The molecular formula is C23H27N7O4. The van der Waals surface area contributed by atoms with Crippen LogP contribution in [0.3, 0.4) is 0 Å². The van der Waals surface area contributed by atoms with Crippen molar-refractivity contribution < 1.29 is 19.1 Å². The Bertz CT molecular complexity index is 1200. The zero-order valence-corrected chi connectivity index (χ0v) is 19.2. The SMILES string of the molecule is CC(C)NC(=O)O[C@@H]1CC[C@H](c2cc(NC(=O)c3cc(-c4cnccc4C=O)nn3C)n[nH]2)C1. The van der Waals surface area contributed by atoms with E-state index >= 15 is 0 Å². The molecule has 0 spiro atoms. The van der Waals surface area contributed by atoms with Crippen LogP contribution in [-0.4, -0.2) is 55.4 Å². The van der Waals surface area contributed by atoms with Crippen molar-refractivity contribution in [2.24, 2.45) is 7.05 Å². The first kappa shape index (κ1) is 23.1. The van der Waals surface area contributed by atoms with E-state index in [4.69, 9.17) is 4.74 Å². The van der Waals surface area contributed by atoms with Crippen molar-refractivity contribution in [3.63, 3.8) is 0 Å². The predicted molar refractivity (Wildman–Crippen MR) is 124 cm³/mol. The lowest BCUT2D eigenvalue weighted by Gasteiger charge is -2.14. The maximum atomic E-state index is 12.9. The highest BCUT2D eigenvalue weighted by Gasteiger charge is 2.30. The number of hydrogen-bond acceptors (Lipinski definition) is 7. The molecule has 0 radical (unpaired) electrons. The van der Waals surface area contributed by atoms with Crippen molar-refractivity contribution in [3.8, 4) is 11.3 Å². The summed E-state index contributed by atoms with van der Waals surface area (Å²) in [5.41, 5.74) is 2.66. The molecule has 0 saturated heterocycles. The molecule has 34 heavy (non-hydrogen) atoms. The zero-order chi connectivity index (χ0) is 24.2. The normalized spacial score (nSPS) is 17.5. The molecule has 4 rings (SSSR count). The van der Waals surface area contributed by atoms with E-state index in [1.54, 1.807) is 31.4 Å². The third-order valence-electron chi connectivity index (χ3n) is 5.71. The minimum atomic E-state index is -0.402. The number of ether oxygens (including phenoxy) is 1. The number of aromatic nitrogens is 5. The van der Waals surface area contributed by atoms with Crippen LogP contribution in [0.25, 0.3) is 11.3 Å². The number of nitrogens with zero attached hydrogens (tertiary/aromatic N) is 4. The summed E-state index contributed by atoms with van der Waals surface area (Å²) in [6.45, 7) is 3.76. The Morgan fingerprint density at radius 1 is 1.29 bits per heavy atom. The Morgan fingerprint density at radius 3 is 2.88 bits per heavy atom. The molecule has 0 bridgehead atoms. The summed E-state index contributed by atoms with van der Waals surface area (Å²) in [6, 6.07) is 5.02. The number of nitrogens with one attached hydrogen (secondary N) is 3. The van der Waals surface area contributed by atoms with Gasteiger partial charge in [0, 0.05) is 54.3 Å². The smallest absolute Gasteiger partial charge is 0.407 e. The highest BCUT2D eigenvalue weighted by Crippen LogP contribution is 2.36. The number of anilines is 1. The van der Waals surface area contributed by atoms with Crippen LogP contribution in [0.2, 0.25) is 0 Å². The summed E-state index contributed by atoms with van der Waals surface area (Å²) in [4.78, 5) is 40.0. The van der Waals surface area contributed by atoms with E-state index in [9.17, 15) is 14.4 Å². The molecule has 0 aromatic carbocycles. The van der Waals surface area contributed by atoms with Crippen molar-refractivity contribution >= 4 is 24.1 Å². The third-order valence-corrected chi connectivity index (χ3v) is 5.71. The number of aromatic amines is 1. The molecule has 1 aliphatic rings. The zero-order valence-electron chi connectivity index (χ0n) is 19.2. The van der Waals surface area contributed by atoms with Gasteiger partial charge in [-0.25, -0.2) is 4.79 Å². The second kappa shape index (κ2) is 9.86. The van der Waals surface area contributed by atoms with Crippen LogP contribution < -0.4 is 10.6 Å². The number of aryl methyl sites for hydroxylation is 1. The number of amides is 2. The second-order valence-corrected chi connectivity index (χ2v) is 8.62. The predicted octanol–water partition coefficient (Wildman–Crippen LogP) is 3.04. The summed E-state index contributed by atoms with van der Waals surface area (Å²) < 4.78 is 6.93. The monoisotopic (exact) mass is 465 g/mol. The average molecular weight is 466 g/mol. The van der Waals surface area contributed by atoms with Crippen LogP contribution in [0.1, 0.15) is 65.6 Å². The second-order valence-electron chi connectivity index (χ2n) is 8.62. The maximum Gasteiger partial charge on any atom is 0.407 e. The fourth-order valence-electron chi connectivity index (χ4n) is 4.07. The summed E-state index contributed by atoms with van der Waals surface area (Å²) >= 11 is 0. The van der Waals surface area contributed by atoms with Gasteiger partial charge in [0.15, 0.2) is 12.1 Å². The van der Waals surface area contributed by atoms with Crippen LogP contribution in [0.5, 0.6) is 0 Å². The van der Waals surface area contributed by atoms with Gasteiger partial charge in [0.25, 0.3) is 5.91 Å². The van der Waals surface area contributed by atoms with Crippen molar-refractivity contribution in [3.05, 3.63) is 47.5 Å². The van der Waals surface area contributed by atoms with Crippen LogP contribution in [0.15, 0.2) is 30.6 Å². The molecule has 2 amide bonds. The minimum Gasteiger partial charge on any atom is -0.446 e. The van der Waals surface area contributed by atoms with E-state index in [0.717, 1.165) is 24.8 Å². The van der Waals surface area contributed by atoms with Crippen LogP contribution in [-0.2, 0) is 11.8 Å². The molecule has 3 heterocycles. The quantitative estimate of drug-likeness (QED) is 0.455. The van der Waals surface area contributed by atoms with E-state index in [1.165, 1.54) is 10.9 Å². The fourth-order valence-corrected chi connectivity index (χ4v) is 4.07. The van der Waals surface area contributed by atoms with Gasteiger partial charge >= 0.3 is 6.09 Å². The number of carbonyl (C=O) groups excluding carboxylic acids is 3. The number of alkyl carbamates (subject to hydrolysis) is 1. The van der Waals surface area contributed by atoms with Crippen LogP contribution in [0, 0.1) is 0 Å². The van der Waals surface area contributed by atoms with Crippen molar-refractivity contribution in [2.45, 2.75) is 51.2 Å². The van der Waals surface area contributed by atoms with Gasteiger partial charge < -0.3 is 15.4 Å². The lowest BCUT2D eigenvalue weighted by atomic mass is 10.0. The van der Waals surface area contributed by atoms with Gasteiger partial charge in [0.2, 0.25) is 0 Å². The Morgan fingerprint density at radius 2 is 2.12 bits per heavy atom. The Kier molecular flexibility index (Phi) is 6.71. The summed E-state index contributed by atoms with van der Waals surface area (Å²) in [5, 5.41) is 17.1. The average Bonchev–Trinajstić information content (AvgIpc) is 3.53. The minimum absolute atomic E-state index is 0.0235. The molecule has 1 aliphatic carbocycles. The van der Waals surface area contributed by atoms with Crippen molar-refractivity contribution in [1.82, 2.24) is 30.3 Å². The number of carbonyl (C=O) groups is 3. The number of hydrogen-bond donors (Lipinski definition) is 3. The number of H-pyrrole nitrogens is 1. The summed E-state index contributed by atoms with van der Waals surface area (Å²) in [7, 11) is 1.65. The first-order chi connectivity index (χ1) is 16.3. The molecule has 0 aliphatic heterocycles. The molecule has 1 saturated carbocycles. The van der Waals surface area contributed by atoms with Gasteiger partial charge in [-0.2, -0.15) is 10.2 Å². The van der Waals surface area contributed by atoms with Gasteiger partial charge in [-0.1, -0.05) is 0 Å². The topological polar surface area (TPSA) is 144 Å². The fraction of sp³-hybridized carbons (Fsp3) is 0.391. The first-order valence-corrected chi connectivity index (χ1v) is 11.1. The number of aldehydes is 1. The van der Waals surface area contributed by atoms with E-state index in [-0.39, 0.29) is 24.0 Å². The first-order valence-electron chi connectivity index (χ1n) is 11.1. The van der Waals surface area contributed by atoms with E-state index < -0.39 is 6.09 Å². The van der Waals surface area contributed by atoms with Crippen molar-refractivity contribution in [1.29, 1.82) is 0 Å². The van der Waals surface area contributed by atoms with Gasteiger partial charge in [0.1, 0.15) is 11.8 Å². The molecule has 11 heteroatoms. The van der Waals surface area contributed by atoms with Gasteiger partial charge in [0.05, 0.1) is 5.69 Å². The van der Waals surface area contributed by atoms with E-state index in [1.807, 2.05) is 13.8 Å². The molecular weight excluding hydrogens is 438 g/mol. The lowest BCUT2D eigenvalue weighted by molar-refractivity contribution is 0.0979. The molecule has 2 atom stereocenters. The molecule has 3 N–H and O–H groups in total.